The van der Waals surface area contributed by atoms with Crippen LogP contribution in [0.4, 0.5) is 0 Å². The maximum absolute atomic E-state index is 10.4. The number of hydrogen-bond acceptors (Lipinski definition) is 2. The number of ether oxygens (including phenoxy) is 1. The molecule has 0 rings (SSSR count). The molecule has 0 saturated heterocycles. The summed E-state index contributed by atoms with van der Waals surface area (Å²) in [7, 11) is 1.67. The molecule has 0 aromatic rings. The van der Waals surface area contributed by atoms with Gasteiger partial charge in [0.1, 0.15) is 0 Å². The minimum absolute atomic E-state index is 0.127. The monoisotopic (exact) mass is 230 g/mol. The lowest BCUT2D eigenvalue weighted by Gasteiger charge is -2.13. The van der Waals surface area contributed by atoms with Crippen LogP contribution in [0.15, 0.2) is 0 Å². The van der Waals surface area contributed by atoms with E-state index in [1.807, 2.05) is 0 Å². The van der Waals surface area contributed by atoms with E-state index in [4.69, 9.17) is 9.84 Å². The third-order valence-corrected chi connectivity index (χ3v) is 2.89. The Morgan fingerprint density at radius 1 is 1.12 bits per heavy atom. The minimum Gasteiger partial charge on any atom is -0.481 e. The van der Waals surface area contributed by atoms with Crippen molar-refractivity contribution < 1.29 is 14.6 Å². The molecule has 0 fully saturated rings. The van der Waals surface area contributed by atoms with E-state index in [0.717, 1.165) is 12.8 Å². The Labute approximate surface area is 99.2 Å². The zero-order valence-corrected chi connectivity index (χ0v) is 10.7. The molecule has 1 unspecified atom stereocenters. The summed E-state index contributed by atoms with van der Waals surface area (Å²) in [6.07, 6.45) is 9.60. The highest BCUT2D eigenvalue weighted by molar-refractivity contribution is 5.66. The maximum atomic E-state index is 10.4. The number of carboxylic acid groups (broad SMARTS) is 1. The maximum Gasteiger partial charge on any atom is 0.303 e. The lowest BCUT2D eigenvalue weighted by atomic mass is 10.0. The third-order valence-electron chi connectivity index (χ3n) is 2.89. The van der Waals surface area contributed by atoms with Crippen LogP contribution in [0.5, 0.6) is 0 Å². The lowest BCUT2D eigenvalue weighted by molar-refractivity contribution is -0.137. The summed E-state index contributed by atoms with van der Waals surface area (Å²) in [6.45, 7) is 2.22. The largest absolute Gasteiger partial charge is 0.481 e. The summed E-state index contributed by atoms with van der Waals surface area (Å²) in [4.78, 5) is 10.4. The van der Waals surface area contributed by atoms with Crippen LogP contribution in [0.25, 0.3) is 0 Å². The van der Waals surface area contributed by atoms with Crippen LogP contribution in [-0.4, -0.2) is 24.3 Å². The van der Waals surface area contributed by atoms with Crippen molar-refractivity contribution in [3.8, 4) is 0 Å². The smallest absolute Gasteiger partial charge is 0.303 e. The molecule has 3 nitrogen and oxygen atoms in total. The van der Waals surface area contributed by atoms with Crippen molar-refractivity contribution in [3.63, 3.8) is 0 Å². The minimum atomic E-state index is -0.731. The van der Waals surface area contributed by atoms with Gasteiger partial charge >= 0.3 is 5.97 Å². The first-order valence-corrected chi connectivity index (χ1v) is 6.45. The molecule has 0 aliphatic heterocycles. The average molecular weight is 230 g/mol. The zero-order valence-electron chi connectivity index (χ0n) is 10.7. The van der Waals surface area contributed by atoms with Crippen molar-refractivity contribution >= 4 is 5.97 Å². The van der Waals surface area contributed by atoms with Crippen LogP contribution in [0, 0.1) is 0 Å². The molecule has 3 heteroatoms. The predicted molar refractivity (Wildman–Crippen MR) is 65.7 cm³/mol. The Morgan fingerprint density at radius 3 is 2.31 bits per heavy atom. The molecule has 96 valence electrons. The highest BCUT2D eigenvalue weighted by Crippen LogP contribution is 2.13. The Bertz CT molecular complexity index is 169. The fourth-order valence-electron chi connectivity index (χ4n) is 1.82. The van der Waals surface area contributed by atoms with Crippen LogP contribution in [0.1, 0.15) is 64.7 Å². The molecule has 0 aliphatic carbocycles. The Balaban J connectivity index is 3.37. The quantitative estimate of drug-likeness (QED) is 0.551. The van der Waals surface area contributed by atoms with Gasteiger partial charge in [-0.2, -0.15) is 0 Å². The van der Waals surface area contributed by atoms with Gasteiger partial charge < -0.3 is 9.84 Å². The van der Waals surface area contributed by atoms with Crippen molar-refractivity contribution in [2.24, 2.45) is 0 Å². The zero-order chi connectivity index (χ0) is 12.2. The van der Waals surface area contributed by atoms with Crippen LogP contribution < -0.4 is 0 Å². The van der Waals surface area contributed by atoms with Gasteiger partial charge in [-0.3, -0.25) is 4.79 Å². The molecule has 0 bridgehead atoms. The van der Waals surface area contributed by atoms with Crippen LogP contribution in [-0.2, 0) is 9.53 Å². The van der Waals surface area contributed by atoms with Gasteiger partial charge in [-0.05, 0) is 12.8 Å². The van der Waals surface area contributed by atoms with E-state index in [0.29, 0.717) is 6.42 Å². The summed E-state index contributed by atoms with van der Waals surface area (Å²) in [5.74, 6) is -0.731. The second-order valence-corrected chi connectivity index (χ2v) is 4.35. The number of carboxylic acids is 1. The molecule has 1 N–H and O–H groups in total. The van der Waals surface area contributed by atoms with E-state index in [9.17, 15) is 4.79 Å². The summed E-state index contributed by atoms with van der Waals surface area (Å²) in [6, 6.07) is 0. The molecule has 0 amide bonds. The van der Waals surface area contributed by atoms with Gasteiger partial charge in [0.2, 0.25) is 0 Å². The van der Waals surface area contributed by atoms with Gasteiger partial charge in [-0.15, -0.1) is 0 Å². The van der Waals surface area contributed by atoms with E-state index in [-0.39, 0.29) is 12.5 Å². The van der Waals surface area contributed by atoms with Crippen molar-refractivity contribution in [3.05, 3.63) is 0 Å². The molecule has 0 aromatic heterocycles. The summed E-state index contributed by atoms with van der Waals surface area (Å²) in [5, 5.41) is 8.57. The number of hydrogen-bond donors (Lipinski definition) is 1. The van der Waals surface area contributed by atoms with Crippen molar-refractivity contribution in [2.75, 3.05) is 7.11 Å². The fraction of sp³-hybridized carbons (Fsp3) is 0.923. The van der Waals surface area contributed by atoms with E-state index in [2.05, 4.69) is 6.92 Å². The summed E-state index contributed by atoms with van der Waals surface area (Å²) in [5.41, 5.74) is 0. The highest BCUT2D eigenvalue weighted by atomic mass is 16.5. The molecule has 16 heavy (non-hydrogen) atoms. The first-order chi connectivity index (χ1) is 7.70. The first kappa shape index (κ1) is 15.4. The molecule has 0 heterocycles. The molecular weight excluding hydrogens is 204 g/mol. The lowest BCUT2D eigenvalue weighted by Crippen LogP contribution is -2.12. The van der Waals surface area contributed by atoms with E-state index in [1.165, 1.54) is 32.1 Å². The molecule has 0 spiro atoms. The van der Waals surface area contributed by atoms with Gasteiger partial charge in [-0.25, -0.2) is 0 Å². The SMILES string of the molecule is CCCCCCCCC(CCC(=O)O)OC. The number of methoxy groups -OCH3 is 1. The normalized spacial score (nSPS) is 12.6. The standard InChI is InChI=1S/C13H26O3/c1-3-4-5-6-7-8-9-12(16-2)10-11-13(14)15/h12H,3-11H2,1-2H3,(H,14,15). The van der Waals surface area contributed by atoms with Gasteiger partial charge in [0, 0.05) is 13.5 Å². The number of unbranched alkanes of at least 4 members (excludes halogenated alkanes) is 5. The second kappa shape index (κ2) is 10.9. The molecule has 0 aromatic carbocycles. The predicted octanol–water partition coefficient (Wildman–Crippen LogP) is 3.62. The molecule has 0 aliphatic rings. The molecule has 1 atom stereocenters. The Hall–Kier alpha value is -0.570. The molecule has 0 saturated carbocycles. The van der Waals surface area contributed by atoms with Gasteiger partial charge in [0.05, 0.1) is 6.10 Å². The van der Waals surface area contributed by atoms with E-state index >= 15 is 0 Å². The summed E-state index contributed by atoms with van der Waals surface area (Å²) >= 11 is 0. The fourth-order valence-corrected chi connectivity index (χ4v) is 1.82. The van der Waals surface area contributed by atoms with Gasteiger partial charge in [0.25, 0.3) is 0 Å². The summed E-state index contributed by atoms with van der Waals surface area (Å²) < 4.78 is 5.27. The average Bonchev–Trinajstić information content (AvgIpc) is 2.27. The Morgan fingerprint density at radius 2 is 1.75 bits per heavy atom. The van der Waals surface area contributed by atoms with Crippen LogP contribution in [0.2, 0.25) is 0 Å². The second-order valence-electron chi connectivity index (χ2n) is 4.35. The number of carbonyl (C=O) groups is 1. The Kier molecular flexibility index (Phi) is 10.5. The number of rotatable bonds is 11. The van der Waals surface area contributed by atoms with Crippen LogP contribution >= 0.6 is 0 Å². The van der Waals surface area contributed by atoms with E-state index < -0.39 is 5.97 Å². The third kappa shape index (κ3) is 9.97. The van der Waals surface area contributed by atoms with Crippen molar-refractivity contribution in [1.82, 2.24) is 0 Å². The van der Waals surface area contributed by atoms with Crippen LogP contribution in [0.3, 0.4) is 0 Å². The van der Waals surface area contributed by atoms with Crippen molar-refractivity contribution in [2.45, 2.75) is 70.8 Å². The number of aliphatic carboxylic acids is 1. The molecule has 0 radical (unpaired) electrons. The van der Waals surface area contributed by atoms with E-state index in [1.54, 1.807) is 7.11 Å². The first-order valence-electron chi connectivity index (χ1n) is 6.45. The van der Waals surface area contributed by atoms with Gasteiger partial charge in [0.15, 0.2) is 0 Å². The van der Waals surface area contributed by atoms with Gasteiger partial charge in [-0.1, -0.05) is 45.4 Å². The molecular formula is C13H26O3. The topological polar surface area (TPSA) is 46.5 Å². The van der Waals surface area contributed by atoms with Crippen molar-refractivity contribution in [1.29, 1.82) is 0 Å². The highest BCUT2D eigenvalue weighted by Gasteiger charge is 2.09.